The van der Waals surface area contributed by atoms with Crippen molar-refractivity contribution in [2.45, 2.75) is 38.5 Å². The number of benzene rings is 1. The smallest absolute Gasteiger partial charge is 0.191 e. The predicted octanol–water partition coefficient (Wildman–Crippen LogP) is 2.79. The molecule has 0 bridgehead atoms. The van der Waals surface area contributed by atoms with Crippen LogP contribution in [-0.4, -0.2) is 54.0 Å². The molecule has 0 aliphatic rings. The van der Waals surface area contributed by atoms with Crippen LogP contribution in [0.4, 0.5) is 0 Å². The van der Waals surface area contributed by atoms with Gasteiger partial charge in [0.05, 0.1) is 13.7 Å². The van der Waals surface area contributed by atoms with Gasteiger partial charge in [-0.3, -0.25) is 9.20 Å². The van der Waals surface area contributed by atoms with Crippen LogP contribution < -0.4 is 20.1 Å². The van der Waals surface area contributed by atoms with E-state index in [-0.39, 0.29) is 34.8 Å². The number of ether oxygens (including phenoxy) is 2. The lowest BCUT2D eigenvalue weighted by Gasteiger charge is -2.20. The highest BCUT2D eigenvalue weighted by Gasteiger charge is 2.18. The Morgan fingerprint density at radius 3 is 2.50 bits per heavy atom. The van der Waals surface area contributed by atoms with E-state index in [1.165, 1.54) is 0 Å². The molecule has 0 saturated carbocycles. The van der Waals surface area contributed by atoms with Gasteiger partial charge in [0.2, 0.25) is 0 Å². The summed E-state index contributed by atoms with van der Waals surface area (Å²) in [4.78, 5) is 4.17. The van der Waals surface area contributed by atoms with Crippen LogP contribution in [0.2, 0.25) is 0 Å². The number of nitrogens with zero attached hydrogens (tertiary/aromatic N) is 1. The van der Waals surface area contributed by atoms with Gasteiger partial charge in [0, 0.05) is 41.0 Å². The molecule has 0 radical (unpaired) electrons. The Kier molecular flexibility index (Phi) is 11.9. The lowest BCUT2D eigenvalue weighted by molar-refractivity contribution is 0.223. The molecule has 1 aromatic carbocycles. The highest BCUT2D eigenvalue weighted by atomic mass is 127. The van der Waals surface area contributed by atoms with E-state index in [9.17, 15) is 4.21 Å². The summed E-state index contributed by atoms with van der Waals surface area (Å²) >= 11 is 0. The Bertz CT molecular complexity index is 591. The zero-order valence-electron chi connectivity index (χ0n) is 16.5. The number of hydrogen-bond acceptors (Lipinski definition) is 4. The average molecular weight is 497 g/mol. The lowest BCUT2D eigenvalue weighted by atomic mass is 10.3. The first-order valence-corrected chi connectivity index (χ1v) is 9.72. The predicted molar refractivity (Wildman–Crippen MR) is 121 cm³/mol. The van der Waals surface area contributed by atoms with Crippen molar-refractivity contribution < 1.29 is 13.7 Å². The minimum Gasteiger partial charge on any atom is -0.497 e. The molecule has 0 aromatic heterocycles. The minimum atomic E-state index is -0.880. The number of methoxy groups -OCH3 is 1. The Balaban J connectivity index is 0.00000625. The standard InChI is InChI=1S/C18H31N3O3S.HI/c1-14(24-16-9-7-8-15(12-16)23-6)13-21-17(19-5)20-10-11-25(22)18(2,3)4;/h7-9,12,14H,10-11,13H2,1-6H3,(H2,19,20,21);1H. The number of aliphatic imine (C=N–C) groups is 1. The highest BCUT2D eigenvalue weighted by Crippen LogP contribution is 2.19. The van der Waals surface area contributed by atoms with E-state index in [1.807, 2.05) is 52.0 Å². The van der Waals surface area contributed by atoms with Crippen LogP contribution in [0.5, 0.6) is 11.5 Å². The maximum atomic E-state index is 12.0. The van der Waals surface area contributed by atoms with Crippen molar-refractivity contribution in [1.29, 1.82) is 0 Å². The van der Waals surface area contributed by atoms with Crippen LogP contribution in [0.3, 0.4) is 0 Å². The first kappa shape index (κ1) is 25.0. The average Bonchev–Trinajstić information content (AvgIpc) is 2.57. The minimum absolute atomic E-state index is 0. The van der Waals surface area contributed by atoms with Crippen LogP contribution in [-0.2, 0) is 10.8 Å². The SMILES string of the molecule is CN=C(NCCS(=O)C(C)(C)C)NCC(C)Oc1cccc(OC)c1.I. The first-order valence-electron chi connectivity index (χ1n) is 8.40. The van der Waals surface area contributed by atoms with Crippen molar-refractivity contribution in [2.75, 3.05) is 33.0 Å². The van der Waals surface area contributed by atoms with E-state index >= 15 is 0 Å². The molecule has 26 heavy (non-hydrogen) atoms. The van der Waals surface area contributed by atoms with Gasteiger partial charge in [-0.15, -0.1) is 24.0 Å². The summed E-state index contributed by atoms with van der Waals surface area (Å²) in [6.45, 7) is 9.12. The number of guanidine groups is 1. The van der Waals surface area contributed by atoms with Crippen molar-refractivity contribution >= 4 is 40.7 Å². The summed E-state index contributed by atoms with van der Waals surface area (Å²) in [5.74, 6) is 2.78. The fourth-order valence-corrected chi connectivity index (χ4v) is 2.88. The third-order valence-corrected chi connectivity index (χ3v) is 5.36. The molecule has 150 valence electrons. The number of halogens is 1. The van der Waals surface area contributed by atoms with Crippen LogP contribution in [0.25, 0.3) is 0 Å². The summed E-state index contributed by atoms with van der Waals surface area (Å²) in [6.07, 6.45) is -0.0469. The first-order chi connectivity index (χ1) is 11.8. The summed E-state index contributed by atoms with van der Waals surface area (Å²) < 4.78 is 22.9. The lowest BCUT2D eigenvalue weighted by Crippen LogP contribution is -2.43. The fraction of sp³-hybridized carbons (Fsp3) is 0.611. The molecule has 2 unspecified atom stereocenters. The van der Waals surface area contributed by atoms with Crippen LogP contribution in [0.15, 0.2) is 29.3 Å². The molecule has 2 N–H and O–H groups in total. The van der Waals surface area contributed by atoms with Crippen LogP contribution in [0.1, 0.15) is 27.7 Å². The number of rotatable bonds is 8. The van der Waals surface area contributed by atoms with Gasteiger partial charge in [0.15, 0.2) is 5.96 Å². The van der Waals surface area contributed by atoms with Crippen LogP contribution in [0, 0.1) is 0 Å². The topological polar surface area (TPSA) is 72.0 Å². The van der Waals surface area contributed by atoms with Crippen molar-refractivity contribution in [3.8, 4) is 11.5 Å². The molecule has 1 rings (SSSR count). The summed E-state index contributed by atoms with van der Waals surface area (Å²) in [5, 5.41) is 6.39. The van der Waals surface area contributed by atoms with Crippen LogP contribution >= 0.6 is 24.0 Å². The molecule has 0 heterocycles. The fourth-order valence-electron chi connectivity index (χ4n) is 1.98. The molecule has 0 aliphatic heterocycles. The van der Waals surface area contributed by atoms with E-state index in [4.69, 9.17) is 9.47 Å². The van der Waals surface area contributed by atoms with Gasteiger partial charge in [0.25, 0.3) is 0 Å². The Hall–Kier alpha value is -1.03. The van der Waals surface area contributed by atoms with E-state index in [0.717, 1.165) is 11.5 Å². The van der Waals surface area contributed by atoms with Gasteiger partial charge in [-0.1, -0.05) is 6.07 Å². The van der Waals surface area contributed by atoms with Gasteiger partial charge in [-0.2, -0.15) is 0 Å². The molecule has 8 heteroatoms. The van der Waals surface area contributed by atoms with Gasteiger partial charge in [-0.25, -0.2) is 0 Å². The van der Waals surface area contributed by atoms with Gasteiger partial charge < -0.3 is 20.1 Å². The molecule has 6 nitrogen and oxygen atoms in total. The van der Waals surface area contributed by atoms with Crippen molar-refractivity contribution in [3.63, 3.8) is 0 Å². The molecule has 2 atom stereocenters. The molecular formula is C18H32IN3O3S. The third-order valence-electron chi connectivity index (χ3n) is 3.42. The van der Waals surface area contributed by atoms with Gasteiger partial charge in [-0.05, 0) is 39.8 Å². The second kappa shape index (κ2) is 12.4. The molecule has 0 aliphatic carbocycles. The van der Waals surface area contributed by atoms with E-state index in [1.54, 1.807) is 14.2 Å². The van der Waals surface area contributed by atoms with Crippen molar-refractivity contribution in [3.05, 3.63) is 24.3 Å². The van der Waals surface area contributed by atoms with Crippen molar-refractivity contribution in [2.24, 2.45) is 4.99 Å². The second-order valence-corrected chi connectivity index (χ2v) is 8.97. The maximum absolute atomic E-state index is 12.0. The number of hydrogen-bond donors (Lipinski definition) is 2. The van der Waals surface area contributed by atoms with Crippen molar-refractivity contribution in [1.82, 2.24) is 10.6 Å². The Labute approximate surface area is 177 Å². The quantitative estimate of drug-likeness (QED) is 0.329. The molecular weight excluding hydrogens is 465 g/mol. The molecule has 0 fully saturated rings. The zero-order chi connectivity index (χ0) is 18.9. The second-order valence-electron chi connectivity index (χ2n) is 6.65. The zero-order valence-corrected chi connectivity index (χ0v) is 19.6. The molecule has 1 aromatic rings. The third kappa shape index (κ3) is 9.61. The molecule has 0 amide bonds. The van der Waals surface area contributed by atoms with E-state index in [2.05, 4.69) is 15.6 Å². The largest absolute Gasteiger partial charge is 0.497 e. The maximum Gasteiger partial charge on any atom is 0.191 e. The summed E-state index contributed by atoms with van der Waals surface area (Å²) in [5.41, 5.74) is 0. The normalized spacial score (nSPS) is 14.0. The monoisotopic (exact) mass is 497 g/mol. The summed E-state index contributed by atoms with van der Waals surface area (Å²) in [7, 11) is 2.46. The van der Waals surface area contributed by atoms with E-state index in [0.29, 0.717) is 24.8 Å². The number of nitrogens with one attached hydrogen (secondary N) is 2. The molecule has 0 saturated heterocycles. The molecule has 0 spiro atoms. The van der Waals surface area contributed by atoms with Gasteiger partial charge in [0.1, 0.15) is 17.6 Å². The summed E-state index contributed by atoms with van der Waals surface area (Å²) in [6, 6.07) is 7.52. The Morgan fingerprint density at radius 2 is 1.92 bits per heavy atom. The van der Waals surface area contributed by atoms with Gasteiger partial charge >= 0.3 is 0 Å². The highest BCUT2D eigenvalue weighted by molar-refractivity contribution is 14.0. The Morgan fingerprint density at radius 1 is 1.27 bits per heavy atom. The van der Waals surface area contributed by atoms with E-state index < -0.39 is 10.8 Å².